The molecular formula is C15H18ClF3N2O2. The van der Waals surface area contributed by atoms with E-state index in [4.69, 9.17) is 22.1 Å². The van der Waals surface area contributed by atoms with Crippen LogP contribution in [0.3, 0.4) is 0 Å². The van der Waals surface area contributed by atoms with Crippen LogP contribution in [0.15, 0.2) is 18.2 Å². The first-order valence-corrected chi connectivity index (χ1v) is 7.46. The molecule has 8 heteroatoms. The zero-order valence-electron chi connectivity index (χ0n) is 12.6. The molecule has 2 N–H and O–H groups in total. The smallest absolute Gasteiger partial charge is 0.384 e. The number of ether oxygens (including phenoxy) is 1. The molecule has 2 atom stereocenters. The van der Waals surface area contributed by atoms with E-state index in [1.54, 1.807) is 0 Å². The topological polar surface area (TPSA) is 55.6 Å². The van der Waals surface area contributed by atoms with E-state index < -0.39 is 17.6 Å². The number of nitrogens with zero attached hydrogens (tertiary/aromatic N) is 1. The van der Waals surface area contributed by atoms with Crippen LogP contribution in [0.25, 0.3) is 0 Å². The van der Waals surface area contributed by atoms with Crippen molar-refractivity contribution in [2.45, 2.75) is 12.7 Å². The van der Waals surface area contributed by atoms with E-state index in [1.807, 2.05) is 4.90 Å². The second-order valence-electron chi connectivity index (χ2n) is 5.72. The summed E-state index contributed by atoms with van der Waals surface area (Å²) in [4.78, 5) is 13.4. The molecule has 0 bridgehead atoms. The molecule has 2 unspecified atom stereocenters. The van der Waals surface area contributed by atoms with Gasteiger partial charge in [-0.25, -0.2) is 0 Å². The number of hydrogen-bond donors (Lipinski definition) is 1. The van der Waals surface area contributed by atoms with Gasteiger partial charge in [-0.2, -0.15) is 13.2 Å². The maximum absolute atomic E-state index is 12.8. The number of halogens is 4. The van der Waals surface area contributed by atoms with Gasteiger partial charge >= 0.3 is 6.18 Å². The Labute approximate surface area is 137 Å². The minimum atomic E-state index is -4.42. The van der Waals surface area contributed by atoms with E-state index in [9.17, 15) is 18.0 Å². The molecule has 0 spiro atoms. The Hall–Kier alpha value is -1.31. The number of nitrogens with two attached hydrogens (primary N) is 1. The van der Waals surface area contributed by atoms with Crippen LogP contribution in [-0.2, 0) is 22.3 Å². The summed E-state index contributed by atoms with van der Waals surface area (Å²) in [6.07, 6.45) is -4.42. The van der Waals surface area contributed by atoms with Crippen LogP contribution < -0.4 is 5.73 Å². The molecule has 0 radical (unpaired) electrons. The van der Waals surface area contributed by atoms with Crippen molar-refractivity contribution in [2.75, 3.05) is 26.8 Å². The van der Waals surface area contributed by atoms with Crippen molar-refractivity contribution < 1.29 is 22.7 Å². The molecular weight excluding hydrogens is 333 g/mol. The van der Waals surface area contributed by atoms with Crippen molar-refractivity contribution in [3.05, 3.63) is 34.3 Å². The van der Waals surface area contributed by atoms with Crippen LogP contribution >= 0.6 is 11.6 Å². The van der Waals surface area contributed by atoms with Gasteiger partial charge in [0.1, 0.15) is 0 Å². The largest absolute Gasteiger partial charge is 0.416 e. The van der Waals surface area contributed by atoms with Crippen molar-refractivity contribution in [3.63, 3.8) is 0 Å². The van der Waals surface area contributed by atoms with Gasteiger partial charge in [-0.1, -0.05) is 11.6 Å². The Morgan fingerprint density at radius 2 is 2.13 bits per heavy atom. The summed E-state index contributed by atoms with van der Waals surface area (Å²) in [6, 6.07) is 3.25. The van der Waals surface area contributed by atoms with Gasteiger partial charge < -0.3 is 10.5 Å². The highest BCUT2D eigenvalue weighted by Gasteiger charge is 2.37. The Bertz CT molecular complexity index is 580. The van der Waals surface area contributed by atoms with Gasteiger partial charge in [0.05, 0.1) is 18.1 Å². The molecule has 1 aromatic rings. The van der Waals surface area contributed by atoms with E-state index >= 15 is 0 Å². The van der Waals surface area contributed by atoms with Gasteiger partial charge in [-0.05, 0) is 23.8 Å². The quantitative estimate of drug-likeness (QED) is 0.888. The third-order valence-corrected chi connectivity index (χ3v) is 4.40. The molecule has 1 fully saturated rings. The number of benzene rings is 1. The average molecular weight is 351 g/mol. The fourth-order valence-electron chi connectivity index (χ4n) is 2.91. The van der Waals surface area contributed by atoms with E-state index in [2.05, 4.69) is 0 Å². The van der Waals surface area contributed by atoms with E-state index in [0.29, 0.717) is 25.3 Å². The van der Waals surface area contributed by atoms with Crippen molar-refractivity contribution >= 4 is 17.5 Å². The monoisotopic (exact) mass is 350 g/mol. The van der Waals surface area contributed by atoms with Crippen LogP contribution in [0, 0.1) is 11.8 Å². The second kappa shape index (κ2) is 7.07. The first-order valence-electron chi connectivity index (χ1n) is 7.08. The fraction of sp³-hybridized carbons (Fsp3) is 0.533. The summed E-state index contributed by atoms with van der Waals surface area (Å²) in [6.45, 7) is 1.51. The highest BCUT2D eigenvalue weighted by molar-refractivity contribution is 6.31. The molecule has 128 valence electrons. The Balaban J connectivity index is 2.15. The number of hydrogen-bond acceptors (Lipinski definition) is 3. The van der Waals surface area contributed by atoms with Crippen molar-refractivity contribution in [1.29, 1.82) is 0 Å². The summed E-state index contributed by atoms with van der Waals surface area (Å²) in [5, 5.41) is 0.267. The highest BCUT2D eigenvalue weighted by atomic mass is 35.5. The zero-order chi connectivity index (χ0) is 17.2. The number of rotatable bonds is 5. The van der Waals surface area contributed by atoms with E-state index in [-0.39, 0.29) is 23.4 Å². The van der Waals surface area contributed by atoms with Crippen LogP contribution in [0.4, 0.5) is 13.2 Å². The predicted octanol–water partition coefficient (Wildman–Crippen LogP) is 2.54. The lowest BCUT2D eigenvalue weighted by atomic mass is 9.96. The van der Waals surface area contributed by atoms with Crippen LogP contribution in [-0.4, -0.2) is 37.6 Å². The Kier molecular flexibility index (Phi) is 5.54. The molecule has 23 heavy (non-hydrogen) atoms. The lowest BCUT2D eigenvalue weighted by Crippen LogP contribution is -2.31. The molecule has 0 saturated carbocycles. The maximum Gasteiger partial charge on any atom is 0.416 e. The summed E-state index contributed by atoms with van der Waals surface area (Å²) in [7, 11) is 1.53. The minimum absolute atomic E-state index is 0.0675. The van der Waals surface area contributed by atoms with Gasteiger partial charge in [0.2, 0.25) is 5.91 Å². The standard InChI is InChI=1S/C15H18ClF3N2O2/c1-23-8-10-6-21(7-12(10)14(20)22)5-9-4-11(15(17,18)19)2-3-13(9)16/h2-4,10,12H,5-8H2,1H3,(H2,20,22). The zero-order valence-corrected chi connectivity index (χ0v) is 13.3. The number of primary amides is 1. The van der Waals surface area contributed by atoms with Crippen LogP contribution in [0.2, 0.25) is 5.02 Å². The van der Waals surface area contributed by atoms with E-state index in [1.165, 1.54) is 13.2 Å². The van der Waals surface area contributed by atoms with Crippen molar-refractivity contribution in [1.82, 2.24) is 4.90 Å². The third-order valence-electron chi connectivity index (χ3n) is 4.03. The number of likely N-dealkylation sites (tertiary alicyclic amines) is 1. The molecule has 4 nitrogen and oxygen atoms in total. The predicted molar refractivity (Wildman–Crippen MR) is 79.8 cm³/mol. The number of alkyl halides is 3. The summed E-state index contributed by atoms with van der Waals surface area (Å²) >= 11 is 6.01. The average Bonchev–Trinajstić information content (AvgIpc) is 2.83. The summed E-state index contributed by atoms with van der Waals surface area (Å²) < 4.78 is 43.5. The molecule has 1 aromatic carbocycles. The maximum atomic E-state index is 12.8. The van der Waals surface area contributed by atoms with Gasteiger partial charge in [-0.15, -0.1) is 0 Å². The second-order valence-corrected chi connectivity index (χ2v) is 6.13. The Morgan fingerprint density at radius 1 is 1.43 bits per heavy atom. The molecule has 0 aromatic heterocycles. The molecule has 0 aliphatic carbocycles. The first kappa shape index (κ1) is 18.0. The van der Waals surface area contributed by atoms with Gasteiger partial charge in [0.15, 0.2) is 0 Å². The Morgan fingerprint density at radius 3 is 2.70 bits per heavy atom. The van der Waals surface area contributed by atoms with Crippen molar-refractivity contribution in [3.8, 4) is 0 Å². The number of carbonyl (C=O) groups is 1. The molecule has 1 aliphatic rings. The number of carbonyl (C=O) groups excluding carboxylic acids is 1. The molecule has 1 aliphatic heterocycles. The summed E-state index contributed by atoms with van der Waals surface area (Å²) in [5.41, 5.74) is 5.03. The van der Waals surface area contributed by atoms with Gasteiger partial charge in [0.25, 0.3) is 0 Å². The first-order chi connectivity index (χ1) is 10.7. The molecule has 1 amide bonds. The molecule has 2 rings (SSSR count). The SMILES string of the molecule is COCC1CN(Cc2cc(C(F)(F)F)ccc2Cl)CC1C(N)=O. The summed E-state index contributed by atoms with van der Waals surface area (Å²) in [5.74, 6) is -0.869. The van der Waals surface area contributed by atoms with Crippen LogP contribution in [0.5, 0.6) is 0 Å². The van der Waals surface area contributed by atoms with Crippen LogP contribution in [0.1, 0.15) is 11.1 Å². The minimum Gasteiger partial charge on any atom is -0.384 e. The van der Waals surface area contributed by atoms with Gasteiger partial charge in [0, 0.05) is 37.7 Å². The third kappa shape index (κ3) is 4.37. The van der Waals surface area contributed by atoms with E-state index in [0.717, 1.165) is 12.1 Å². The highest BCUT2D eigenvalue weighted by Crippen LogP contribution is 2.33. The van der Waals surface area contributed by atoms with Crippen molar-refractivity contribution in [2.24, 2.45) is 17.6 Å². The lowest BCUT2D eigenvalue weighted by molar-refractivity contribution is -0.137. The lowest BCUT2D eigenvalue weighted by Gasteiger charge is -2.18. The number of methoxy groups -OCH3 is 1. The fourth-order valence-corrected chi connectivity index (χ4v) is 3.09. The number of amides is 1. The normalized spacial score (nSPS) is 22.5. The molecule has 1 heterocycles. The molecule has 1 saturated heterocycles. The van der Waals surface area contributed by atoms with Gasteiger partial charge in [-0.3, -0.25) is 9.69 Å².